The van der Waals surface area contributed by atoms with Crippen molar-refractivity contribution in [1.29, 1.82) is 0 Å². The molecule has 0 aliphatic rings. The summed E-state index contributed by atoms with van der Waals surface area (Å²) in [5, 5.41) is 4.14. The summed E-state index contributed by atoms with van der Waals surface area (Å²) in [4.78, 5) is 4.43. The van der Waals surface area contributed by atoms with Crippen LogP contribution in [0.1, 0.15) is 95.7 Å². The van der Waals surface area contributed by atoms with Gasteiger partial charge in [0.25, 0.3) is 0 Å². The lowest BCUT2D eigenvalue weighted by molar-refractivity contribution is 0.367. The van der Waals surface area contributed by atoms with E-state index in [1.54, 1.807) is 0 Å². The zero-order valence-electron chi connectivity index (χ0n) is 17.2. The molecule has 2 rings (SSSR count). The van der Waals surface area contributed by atoms with Crippen LogP contribution in [0.3, 0.4) is 0 Å². The Balaban J connectivity index is 1.79. The van der Waals surface area contributed by atoms with Crippen LogP contribution in [0.2, 0.25) is 0 Å². The Bertz CT molecular complexity index is 695. The van der Waals surface area contributed by atoms with E-state index in [1.165, 1.54) is 5.57 Å². The molecule has 0 saturated heterocycles. The zero-order chi connectivity index (χ0) is 19.1. The molecular weight excluding hydrogens is 324 g/mol. The van der Waals surface area contributed by atoms with Crippen molar-refractivity contribution in [3.63, 3.8) is 0 Å². The van der Waals surface area contributed by atoms with E-state index >= 15 is 0 Å². The SMILES string of the molecule is C/C(=C\Cc1cc(C(C)C)on1)CCC(C)c1cnc(CCC(C)C)o1. The molecule has 0 N–H and O–H groups in total. The summed E-state index contributed by atoms with van der Waals surface area (Å²) >= 11 is 0. The molecule has 2 aromatic heterocycles. The summed E-state index contributed by atoms with van der Waals surface area (Å²) in [5.74, 6) is 4.29. The van der Waals surface area contributed by atoms with Crippen LogP contribution in [0.15, 0.2) is 32.9 Å². The normalized spacial score (nSPS) is 13.8. The fourth-order valence-corrected chi connectivity index (χ4v) is 2.74. The van der Waals surface area contributed by atoms with Crippen LogP contribution in [0.25, 0.3) is 0 Å². The maximum atomic E-state index is 5.93. The number of aromatic nitrogens is 2. The monoisotopic (exact) mass is 358 g/mol. The predicted octanol–water partition coefficient (Wildman–Crippen LogP) is 6.45. The van der Waals surface area contributed by atoms with E-state index in [4.69, 9.17) is 8.94 Å². The highest BCUT2D eigenvalue weighted by Gasteiger charge is 2.12. The molecule has 26 heavy (non-hydrogen) atoms. The van der Waals surface area contributed by atoms with E-state index in [1.807, 2.05) is 6.20 Å². The van der Waals surface area contributed by atoms with Gasteiger partial charge in [0, 0.05) is 30.7 Å². The lowest BCUT2D eigenvalue weighted by Gasteiger charge is -2.08. The van der Waals surface area contributed by atoms with E-state index in [0.29, 0.717) is 17.8 Å². The number of nitrogens with zero attached hydrogens (tertiary/aromatic N) is 2. The first-order chi connectivity index (χ1) is 12.3. The molecule has 0 aliphatic carbocycles. The third-order valence-corrected chi connectivity index (χ3v) is 4.77. The molecular formula is C22H34N2O2. The topological polar surface area (TPSA) is 52.1 Å². The van der Waals surface area contributed by atoms with Gasteiger partial charge < -0.3 is 8.94 Å². The maximum absolute atomic E-state index is 5.93. The molecule has 0 bridgehead atoms. The molecule has 0 amide bonds. The van der Waals surface area contributed by atoms with E-state index in [2.05, 4.69) is 63.8 Å². The minimum atomic E-state index is 0.384. The van der Waals surface area contributed by atoms with Gasteiger partial charge in [-0.1, -0.05) is 51.4 Å². The van der Waals surface area contributed by atoms with Gasteiger partial charge in [0.05, 0.1) is 11.9 Å². The highest BCUT2D eigenvalue weighted by atomic mass is 16.5. The average molecular weight is 359 g/mol. The van der Waals surface area contributed by atoms with E-state index in [-0.39, 0.29) is 0 Å². The Morgan fingerprint density at radius 3 is 2.54 bits per heavy atom. The molecule has 1 unspecified atom stereocenters. The van der Waals surface area contributed by atoms with Crippen molar-refractivity contribution >= 4 is 0 Å². The number of allylic oxidation sites excluding steroid dienone is 2. The molecule has 0 aromatic carbocycles. The number of oxazole rings is 1. The van der Waals surface area contributed by atoms with Gasteiger partial charge in [0.1, 0.15) is 11.5 Å². The number of hydrogen-bond acceptors (Lipinski definition) is 4. The third kappa shape index (κ3) is 6.47. The first-order valence-electron chi connectivity index (χ1n) is 9.90. The molecule has 0 fully saturated rings. The summed E-state index contributed by atoms with van der Waals surface area (Å²) in [6.45, 7) is 13.1. The molecule has 4 heteroatoms. The lowest BCUT2D eigenvalue weighted by Crippen LogP contribution is -1.93. The van der Waals surface area contributed by atoms with Gasteiger partial charge in [-0.25, -0.2) is 4.98 Å². The summed E-state index contributed by atoms with van der Waals surface area (Å²) in [5.41, 5.74) is 2.39. The van der Waals surface area contributed by atoms with E-state index in [0.717, 1.165) is 55.2 Å². The van der Waals surface area contributed by atoms with Crippen LogP contribution in [-0.2, 0) is 12.8 Å². The fourth-order valence-electron chi connectivity index (χ4n) is 2.74. The van der Waals surface area contributed by atoms with Crippen molar-refractivity contribution in [2.75, 3.05) is 0 Å². The first kappa shape index (κ1) is 20.5. The van der Waals surface area contributed by atoms with Crippen molar-refractivity contribution in [2.24, 2.45) is 5.92 Å². The van der Waals surface area contributed by atoms with Crippen molar-refractivity contribution in [2.45, 2.75) is 85.5 Å². The fraction of sp³-hybridized carbons (Fsp3) is 0.636. The second-order valence-electron chi connectivity index (χ2n) is 8.16. The van der Waals surface area contributed by atoms with Gasteiger partial charge in [-0.05, 0) is 32.1 Å². The highest BCUT2D eigenvalue weighted by molar-refractivity contribution is 5.13. The van der Waals surface area contributed by atoms with Crippen LogP contribution in [0, 0.1) is 5.92 Å². The Morgan fingerprint density at radius 2 is 1.88 bits per heavy atom. The van der Waals surface area contributed by atoms with Crippen molar-refractivity contribution < 1.29 is 8.94 Å². The second kappa shape index (κ2) is 9.75. The average Bonchev–Trinajstić information content (AvgIpc) is 3.25. The Kier molecular flexibility index (Phi) is 7.67. The molecule has 2 aromatic rings. The Labute approximate surface area is 158 Å². The Morgan fingerprint density at radius 1 is 1.12 bits per heavy atom. The van der Waals surface area contributed by atoms with Gasteiger partial charge >= 0.3 is 0 Å². The number of aryl methyl sites for hydroxylation is 1. The lowest BCUT2D eigenvalue weighted by atomic mass is 9.99. The van der Waals surface area contributed by atoms with Crippen LogP contribution in [0.4, 0.5) is 0 Å². The van der Waals surface area contributed by atoms with E-state index in [9.17, 15) is 0 Å². The van der Waals surface area contributed by atoms with Crippen LogP contribution < -0.4 is 0 Å². The van der Waals surface area contributed by atoms with Gasteiger partial charge in [0.15, 0.2) is 5.89 Å². The number of hydrogen-bond donors (Lipinski definition) is 0. The van der Waals surface area contributed by atoms with E-state index < -0.39 is 0 Å². The zero-order valence-corrected chi connectivity index (χ0v) is 17.2. The van der Waals surface area contributed by atoms with Crippen LogP contribution in [-0.4, -0.2) is 10.1 Å². The van der Waals surface area contributed by atoms with Crippen LogP contribution in [0.5, 0.6) is 0 Å². The summed E-state index contributed by atoms with van der Waals surface area (Å²) in [6, 6.07) is 2.06. The van der Waals surface area contributed by atoms with Gasteiger partial charge in [-0.3, -0.25) is 0 Å². The molecule has 0 radical (unpaired) electrons. The largest absolute Gasteiger partial charge is 0.445 e. The van der Waals surface area contributed by atoms with Crippen molar-refractivity contribution in [3.8, 4) is 0 Å². The highest BCUT2D eigenvalue weighted by Crippen LogP contribution is 2.24. The Hall–Kier alpha value is -1.84. The summed E-state index contributed by atoms with van der Waals surface area (Å²) < 4.78 is 11.3. The molecule has 144 valence electrons. The molecule has 0 aliphatic heterocycles. The van der Waals surface area contributed by atoms with Gasteiger partial charge in [0.2, 0.25) is 0 Å². The summed E-state index contributed by atoms with van der Waals surface area (Å²) in [6.07, 6.45) is 9.16. The van der Waals surface area contributed by atoms with Crippen LogP contribution >= 0.6 is 0 Å². The molecule has 0 spiro atoms. The van der Waals surface area contributed by atoms with Gasteiger partial charge in [-0.15, -0.1) is 0 Å². The van der Waals surface area contributed by atoms with Gasteiger partial charge in [-0.2, -0.15) is 0 Å². The predicted molar refractivity (Wildman–Crippen MR) is 105 cm³/mol. The third-order valence-electron chi connectivity index (χ3n) is 4.77. The smallest absolute Gasteiger partial charge is 0.194 e. The molecule has 0 saturated carbocycles. The quantitative estimate of drug-likeness (QED) is 0.458. The standard InChI is InChI=1S/C22H34N2O2/c1-15(2)7-12-22-23-14-21(25-22)18(6)10-8-17(5)9-11-19-13-20(16(3)4)26-24-19/h9,13-16,18H,7-8,10-12H2,1-6H3/b17-9+. The molecule has 2 heterocycles. The maximum Gasteiger partial charge on any atom is 0.194 e. The first-order valence-corrected chi connectivity index (χ1v) is 9.90. The summed E-state index contributed by atoms with van der Waals surface area (Å²) in [7, 11) is 0. The molecule has 1 atom stereocenters. The van der Waals surface area contributed by atoms with Crippen molar-refractivity contribution in [1.82, 2.24) is 10.1 Å². The second-order valence-corrected chi connectivity index (χ2v) is 8.16. The number of rotatable bonds is 10. The minimum absolute atomic E-state index is 0.384. The molecule has 4 nitrogen and oxygen atoms in total. The minimum Gasteiger partial charge on any atom is -0.445 e. The van der Waals surface area contributed by atoms with Crippen molar-refractivity contribution in [3.05, 3.63) is 47.0 Å².